The second-order valence-corrected chi connectivity index (χ2v) is 6.32. The molecule has 16 heavy (non-hydrogen) atoms. The fraction of sp³-hybridized carbons (Fsp3) is 0.583. The van der Waals surface area contributed by atoms with E-state index in [2.05, 4.69) is 37.4 Å². The van der Waals surface area contributed by atoms with Crippen LogP contribution in [0.25, 0.3) is 0 Å². The lowest BCUT2D eigenvalue weighted by atomic mass is 10.2. The van der Waals surface area contributed by atoms with Crippen LogP contribution < -0.4 is 9.46 Å². The summed E-state index contributed by atoms with van der Waals surface area (Å²) in [6.07, 6.45) is 0. The van der Waals surface area contributed by atoms with E-state index in [1.165, 1.54) is 0 Å². The molecule has 0 amide bonds. The first kappa shape index (κ1) is 13.3. The van der Waals surface area contributed by atoms with Crippen molar-refractivity contribution < 1.29 is 4.74 Å². The molecule has 90 valence electrons. The van der Waals surface area contributed by atoms with Crippen LogP contribution in [0, 0.1) is 0 Å². The number of pyridine rings is 1. The third-order valence-corrected chi connectivity index (χ3v) is 3.02. The Bertz CT molecular complexity index is 336. The lowest BCUT2D eigenvalue weighted by molar-refractivity contribution is 0.395. The standard InChI is InChI=1S/C12H20N2OS/c1-9(14-16-12(2,3)4)10-7-6-8-11(13-10)15-5/h6-9,14H,1-5H3. The third-order valence-electron chi connectivity index (χ3n) is 1.94. The number of nitrogens with one attached hydrogen (secondary N) is 1. The average molecular weight is 240 g/mol. The summed E-state index contributed by atoms with van der Waals surface area (Å²) < 4.78 is 8.70. The van der Waals surface area contributed by atoms with Gasteiger partial charge in [-0.05, 0) is 33.8 Å². The number of nitrogens with zero attached hydrogens (tertiary/aromatic N) is 1. The zero-order valence-corrected chi connectivity index (χ0v) is 11.4. The molecule has 0 spiro atoms. The van der Waals surface area contributed by atoms with Gasteiger partial charge in [0, 0.05) is 10.8 Å². The Hall–Kier alpha value is -0.740. The van der Waals surface area contributed by atoms with Crippen LogP contribution in [0.5, 0.6) is 5.88 Å². The first-order chi connectivity index (χ1) is 7.42. The van der Waals surface area contributed by atoms with Gasteiger partial charge in [-0.1, -0.05) is 18.0 Å². The molecule has 1 N–H and O–H groups in total. The molecule has 4 heteroatoms. The lowest BCUT2D eigenvalue weighted by Crippen LogP contribution is -2.20. The zero-order valence-electron chi connectivity index (χ0n) is 10.6. The van der Waals surface area contributed by atoms with Gasteiger partial charge in [0.1, 0.15) is 0 Å². The Morgan fingerprint density at radius 2 is 2.06 bits per heavy atom. The molecule has 1 heterocycles. The highest BCUT2D eigenvalue weighted by atomic mass is 32.2. The Balaban J connectivity index is 2.62. The maximum atomic E-state index is 5.10. The van der Waals surface area contributed by atoms with Gasteiger partial charge in [-0.3, -0.25) is 4.72 Å². The normalized spacial score (nSPS) is 13.6. The Morgan fingerprint density at radius 3 is 2.62 bits per heavy atom. The summed E-state index contributed by atoms with van der Waals surface area (Å²) in [6, 6.07) is 6.02. The van der Waals surface area contributed by atoms with Crippen molar-refractivity contribution in [2.24, 2.45) is 0 Å². The molecule has 0 aliphatic carbocycles. The van der Waals surface area contributed by atoms with E-state index in [-0.39, 0.29) is 10.8 Å². The van der Waals surface area contributed by atoms with E-state index in [4.69, 9.17) is 4.74 Å². The van der Waals surface area contributed by atoms with Gasteiger partial charge in [0.25, 0.3) is 0 Å². The summed E-state index contributed by atoms with van der Waals surface area (Å²) in [5, 5.41) is 0. The maximum Gasteiger partial charge on any atom is 0.213 e. The van der Waals surface area contributed by atoms with E-state index in [9.17, 15) is 0 Å². The average Bonchev–Trinajstić information content (AvgIpc) is 2.25. The van der Waals surface area contributed by atoms with Crippen LogP contribution in [0.15, 0.2) is 18.2 Å². The van der Waals surface area contributed by atoms with Crippen molar-refractivity contribution in [2.75, 3.05) is 7.11 Å². The summed E-state index contributed by atoms with van der Waals surface area (Å²) in [6.45, 7) is 8.63. The van der Waals surface area contributed by atoms with E-state index in [0.29, 0.717) is 5.88 Å². The molecule has 1 unspecified atom stereocenters. The van der Waals surface area contributed by atoms with Gasteiger partial charge < -0.3 is 4.74 Å². The fourth-order valence-corrected chi connectivity index (χ4v) is 1.76. The van der Waals surface area contributed by atoms with Gasteiger partial charge in [0.15, 0.2) is 0 Å². The van der Waals surface area contributed by atoms with E-state index in [1.54, 1.807) is 19.1 Å². The number of rotatable bonds is 4. The van der Waals surface area contributed by atoms with Crippen molar-refractivity contribution in [3.63, 3.8) is 0 Å². The molecule has 0 fully saturated rings. The number of hydrogen-bond donors (Lipinski definition) is 1. The predicted octanol–water partition coefficient (Wildman–Crippen LogP) is 3.19. The van der Waals surface area contributed by atoms with Gasteiger partial charge in [0.2, 0.25) is 5.88 Å². The van der Waals surface area contributed by atoms with Gasteiger partial charge in [-0.2, -0.15) is 0 Å². The van der Waals surface area contributed by atoms with Crippen molar-refractivity contribution in [2.45, 2.75) is 38.5 Å². The van der Waals surface area contributed by atoms with Crippen LogP contribution in [0.4, 0.5) is 0 Å². The molecular formula is C12H20N2OS. The van der Waals surface area contributed by atoms with Crippen molar-refractivity contribution in [3.8, 4) is 5.88 Å². The number of ether oxygens (including phenoxy) is 1. The van der Waals surface area contributed by atoms with Crippen LogP contribution in [0.1, 0.15) is 39.4 Å². The minimum atomic E-state index is 0.202. The smallest absolute Gasteiger partial charge is 0.213 e. The molecule has 1 aromatic rings. The summed E-state index contributed by atoms with van der Waals surface area (Å²) in [4.78, 5) is 4.39. The zero-order chi connectivity index (χ0) is 12.2. The van der Waals surface area contributed by atoms with Gasteiger partial charge >= 0.3 is 0 Å². The fourth-order valence-electron chi connectivity index (χ4n) is 1.11. The molecule has 0 bridgehead atoms. The molecule has 0 saturated heterocycles. The highest BCUT2D eigenvalue weighted by molar-refractivity contribution is 7.98. The Kier molecular flexibility index (Phi) is 4.62. The van der Waals surface area contributed by atoms with Crippen LogP contribution in [-0.2, 0) is 0 Å². The van der Waals surface area contributed by atoms with Crippen molar-refractivity contribution in [1.29, 1.82) is 0 Å². The summed E-state index contributed by atoms with van der Waals surface area (Å²) in [5.74, 6) is 0.659. The summed E-state index contributed by atoms with van der Waals surface area (Å²) in [5.41, 5.74) is 0.996. The first-order valence-electron chi connectivity index (χ1n) is 5.37. The number of aromatic nitrogens is 1. The largest absolute Gasteiger partial charge is 0.481 e. The highest BCUT2D eigenvalue weighted by Crippen LogP contribution is 2.24. The molecular weight excluding hydrogens is 220 g/mol. The molecule has 0 aromatic carbocycles. The van der Waals surface area contributed by atoms with Crippen LogP contribution in [0.2, 0.25) is 0 Å². The van der Waals surface area contributed by atoms with Gasteiger partial charge in [-0.15, -0.1) is 0 Å². The molecule has 3 nitrogen and oxygen atoms in total. The molecule has 1 atom stereocenters. The second kappa shape index (κ2) is 5.55. The number of methoxy groups -OCH3 is 1. The van der Waals surface area contributed by atoms with Crippen LogP contribution in [0.3, 0.4) is 0 Å². The third kappa shape index (κ3) is 4.41. The van der Waals surface area contributed by atoms with Crippen molar-refractivity contribution in [1.82, 2.24) is 9.71 Å². The second-order valence-electron chi connectivity index (χ2n) is 4.66. The number of hydrogen-bond acceptors (Lipinski definition) is 4. The van der Waals surface area contributed by atoms with Crippen molar-refractivity contribution in [3.05, 3.63) is 23.9 Å². The molecule has 0 aliphatic rings. The molecule has 0 aliphatic heterocycles. The minimum Gasteiger partial charge on any atom is -0.481 e. The van der Waals surface area contributed by atoms with Gasteiger partial charge in [0.05, 0.1) is 18.8 Å². The van der Waals surface area contributed by atoms with E-state index in [0.717, 1.165) is 5.69 Å². The quantitative estimate of drug-likeness (QED) is 0.820. The topological polar surface area (TPSA) is 34.1 Å². The lowest BCUT2D eigenvalue weighted by Gasteiger charge is -2.21. The SMILES string of the molecule is COc1cccc(C(C)NSC(C)(C)C)n1. The van der Waals surface area contributed by atoms with E-state index < -0.39 is 0 Å². The minimum absolute atomic E-state index is 0.202. The highest BCUT2D eigenvalue weighted by Gasteiger charge is 2.14. The Labute approximate surface area is 102 Å². The molecule has 1 aromatic heterocycles. The summed E-state index contributed by atoms with van der Waals surface area (Å²) in [7, 11) is 1.63. The predicted molar refractivity (Wildman–Crippen MR) is 69.7 cm³/mol. The summed E-state index contributed by atoms with van der Waals surface area (Å²) >= 11 is 1.72. The molecule has 0 radical (unpaired) electrons. The molecule has 1 rings (SSSR count). The monoisotopic (exact) mass is 240 g/mol. The van der Waals surface area contributed by atoms with E-state index >= 15 is 0 Å². The maximum absolute atomic E-state index is 5.10. The first-order valence-corrected chi connectivity index (χ1v) is 6.18. The van der Waals surface area contributed by atoms with Crippen LogP contribution >= 0.6 is 11.9 Å². The van der Waals surface area contributed by atoms with Crippen LogP contribution in [-0.4, -0.2) is 16.8 Å². The Morgan fingerprint density at radius 1 is 1.38 bits per heavy atom. The van der Waals surface area contributed by atoms with E-state index in [1.807, 2.05) is 18.2 Å². The molecule has 0 saturated carbocycles. The van der Waals surface area contributed by atoms with Gasteiger partial charge in [-0.25, -0.2) is 4.98 Å². The van der Waals surface area contributed by atoms with Crippen molar-refractivity contribution >= 4 is 11.9 Å².